The predicted octanol–water partition coefficient (Wildman–Crippen LogP) is 0.934. The van der Waals surface area contributed by atoms with Gasteiger partial charge in [0.05, 0.1) is 30.6 Å². The lowest BCUT2D eigenvalue weighted by molar-refractivity contribution is -0.126. The summed E-state index contributed by atoms with van der Waals surface area (Å²) in [4.78, 5) is 15.1. The molecule has 0 spiro atoms. The summed E-state index contributed by atoms with van der Waals surface area (Å²) in [5.74, 6) is 0.262. The fourth-order valence-electron chi connectivity index (χ4n) is 3.70. The largest absolute Gasteiger partial charge is 0.494 e. The van der Waals surface area contributed by atoms with E-state index >= 15 is 0 Å². The van der Waals surface area contributed by atoms with Gasteiger partial charge in [-0.3, -0.25) is 9.69 Å². The number of benzene rings is 1. The Labute approximate surface area is 173 Å². The molecular formula is C20H31N3O5S. The highest BCUT2D eigenvalue weighted by atomic mass is 32.2. The third-order valence-corrected chi connectivity index (χ3v) is 7.24. The van der Waals surface area contributed by atoms with Crippen molar-refractivity contribution in [1.29, 1.82) is 0 Å². The molecule has 0 aromatic heterocycles. The zero-order chi connectivity index (χ0) is 20.7. The van der Waals surface area contributed by atoms with Gasteiger partial charge >= 0.3 is 0 Å². The van der Waals surface area contributed by atoms with Crippen LogP contribution in [0.1, 0.15) is 19.8 Å². The molecule has 1 N–H and O–H groups in total. The van der Waals surface area contributed by atoms with E-state index in [-0.39, 0.29) is 23.3 Å². The molecule has 0 saturated carbocycles. The van der Waals surface area contributed by atoms with Crippen LogP contribution in [-0.4, -0.2) is 82.6 Å². The summed E-state index contributed by atoms with van der Waals surface area (Å²) in [5.41, 5.74) is 0. The third kappa shape index (κ3) is 5.91. The van der Waals surface area contributed by atoms with Gasteiger partial charge in [0.1, 0.15) is 5.75 Å². The van der Waals surface area contributed by atoms with E-state index in [1.807, 2.05) is 6.92 Å². The van der Waals surface area contributed by atoms with Crippen molar-refractivity contribution in [3.8, 4) is 5.75 Å². The topological polar surface area (TPSA) is 88.2 Å². The number of amides is 1. The Balaban J connectivity index is 1.53. The van der Waals surface area contributed by atoms with Gasteiger partial charge < -0.3 is 14.8 Å². The number of carbonyl (C=O) groups is 1. The van der Waals surface area contributed by atoms with Crippen molar-refractivity contribution in [2.75, 3.05) is 59.1 Å². The molecule has 1 aromatic carbocycles. The number of nitrogens with one attached hydrogen (secondary N) is 1. The maximum atomic E-state index is 13.0. The van der Waals surface area contributed by atoms with Crippen molar-refractivity contribution in [3.05, 3.63) is 24.3 Å². The van der Waals surface area contributed by atoms with Crippen molar-refractivity contribution in [1.82, 2.24) is 14.5 Å². The van der Waals surface area contributed by atoms with Gasteiger partial charge in [-0.05, 0) is 44.0 Å². The van der Waals surface area contributed by atoms with E-state index in [4.69, 9.17) is 9.47 Å². The zero-order valence-electron chi connectivity index (χ0n) is 17.0. The molecule has 8 nitrogen and oxygen atoms in total. The highest BCUT2D eigenvalue weighted by Crippen LogP contribution is 2.25. The average molecular weight is 426 g/mol. The first-order chi connectivity index (χ1) is 14.0. The van der Waals surface area contributed by atoms with E-state index in [0.717, 1.165) is 32.8 Å². The Hall–Kier alpha value is -1.68. The molecular weight excluding hydrogens is 394 g/mol. The smallest absolute Gasteiger partial charge is 0.243 e. The van der Waals surface area contributed by atoms with Gasteiger partial charge in [0.2, 0.25) is 15.9 Å². The van der Waals surface area contributed by atoms with Gasteiger partial charge in [-0.1, -0.05) is 0 Å². The third-order valence-electron chi connectivity index (χ3n) is 5.36. The molecule has 9 heteroatoms. The first-order valence-electron chi connectivity index (χ1n) is 10.3. The van der Waals surface area contributed by atoms with Gasteiger partial charge in [0, 0.05) is 39.3 Å². The van der Waals surface area contributed by atoms with Gasteiger partial charge in [-0.2, -0.15) is 4.31 Å². The van der Waals surface area contributed by atoms with Crippen LogP contribution in [-0.2, 0) is 19.6 Å². The number of nitrogens with zero attached hydrogens (tertiary/aromatic N) is 2. The fourth-order valence-corrected chi connectivity index (χ4v) is 5.23. The second kappa shape index (κ2) is 10.4. The summed E-state index contributed by atoms with van der Waals surface area (Å²) in [6.07, 6.45) is 1.39. The molecule has 0 radical (unpaired) electrons. The lowest BCUT2D eigenvalue weighted by Crippen LogP contribution is -2.47. The zero-order valence-corrected chi connectivity index (χ0v) is 17.8. The van der Waals surface area contributed by atoms with E-state index in [0.29, 0.717) is 38.3 Å². The molecule has 2 heterocycles. The minimum absolute atomic E-state index is 0.0650. The van der Waals surface area contributed by atoms with Crippen LogP contribution in [0, 0.1) is 5.92 Å². The van der Waals surface area contributed by atoms with Crippen LogP contribution in [0.3, 0.4) is 0 Å². The van der Waals surface area contributed by atoms with Crippen LogP contribution in [0.4, 0.5) is 0 Å². The lowest BCUT2D eigenvalue weighted by atomic mass is 9.99. The quantitative estimate of drug-likeness (QED) is 0.667. The molecule has 0 aliphatic carbocycles. The number of hydrogen-bond acceptors (Lipinski definition) is 6. The summed E-state index contributed by atoms with van der Waals surface area (Å²) < 4.78 is 38.1. The number of sulfonamides is 1. The molecule has 1 amide bonds. The lowest BCUT2D eigenvalue weighted by Gasteiger charge is -2.31. The van der Waals surface area contributed by atoms with Crippen LogP contribution < -0.4 is 10.1 Å². The highest BCUT2D eigenvalue weighted by molar-refractivity contribution is 7.89. The first kappa shape index (κ1) is 22.0. The van der Waals surface area contributed by atoms with Gasteiger partial charge in [-0.25, -0.2) is 8.42 Å². The average Bonchev–Trinajstić information content (AvgIpc) is 2.75. The van der Waals surface area contributed by atoms with E-state index in [1.54, 1.807) is 24.3 Å². The summed E-state index contributed by atoms with van der Waals surface area (Å²) >= 11 is 0. The molecule has 2 aliphatic heterocycles. The second-order valence-corrected chi connectivity index (χ2v) is 9.29. The van der Waals surface area contributed by atoms with Crippen molar-refractivity contribution in [2.24, 2.45) is 5.92 Å². The number of morpholine rings is 1. The SMILES string of the molecule is CCOc1ccc(S(=O)(=O)N2CCC[C@@H](C(=O)NCCN3CCOCC3)C2)cc1. The number of ether oxygens (including phenoxy) is 2. The number of rotatable bonds is 8. The Kier molecular flexibility index (Phi) is 7.88. The molecule has 2 saturated heterocycles. The number of carbonyl (C=O) groups excluding carboxylic acids is 1. The van der Waals surface area contributed by atoms with Crippen LogP contribution >= 0.6 is 0 Å². The predicted molar refractivity (Wildman–Crippen MR) is 109 cm³/mol. The van der Waals surface area contributed by atoms with Gasteiger partial charge in [-0.15, -0.1) is 0 Å². The van der Waals surface area contributed by atoms with E-state index in [9.17, 15) is 13.2 Å². The van der Waals surface area contributed by atoms with Gasteiger partial charge in [0.15, 0.2) is 0 Å². The molecule has 1 atom stereocenters. The molecule has 0 unspecified atom stereocenters. The van der Waals surface area contributed by atoms with Crippen molar-refractivity contribution < 1.29 is 22.7 Å². The van der Waals surface area contributed by atoms with E-state index in [2.05, 4.69) is 10.2 Å². The summed E-state index contributed by atoms with van der Waals surface area (Å²) in [6.45, 7) is 7.65. The van der Waals surface area contributed by atoms with Crippen molar-refractivity contribution >= 4 is 15.9 Å². The Morgan fingerprint density at radius 1 is 1.21 bits per heavy atom. The second-order valence-electron chi connectivity index (χ2n) is 7.35. The fraction of sp³-hybridized carbons (Fsp3) is 0.650. The molecule has 1 aromatic rings. The first-order valence-corrected chi connectivity index (χ1v) is 11.8. The Morgan fingerprint density at radius 3 is 2.62 bits per heavy atom. The van der Waals surface area contributed by atoms with Crippen molar-refractivity contribution in [3.63, 3.8) is 0 Å². The van der Waals surface area contributed by atoms with Crippen LogP contribution in [0.5, 0.6) is 5.75 Å². The summed E-state index contributed by atoms with van der Waals surface area (Å²) in [5, 5.41) is 2.97. The minimum atomic E-state index is -3.62. The molecule has 2 aliphatic rings. The normalized spacial score (nSPS) is 21.6. The van der Waals surface area contributed by atoms with Gasteiger partial charge in [0.25, 0.3) is 0 Å². The number of hydrogen-bond donors (Lipinski definition) is 1. The summed E-state index contributed by atoms with van der Waals surface area (Å²) in [7, 11) is -3.62. The molecule has 3 rings (SSSR count). The maximum absolute atomic E-state index is 13.0. The Morgan fingerprint density at radius 2 is 1.93 bits per heavy atom. The van der Waals surface area contributed by atoms with Crippen molar-refractivity contribution in [2.45, 2.75) is 24.7 Å². The Bertz CT molecular complexity index is 763. The minimum Gasteiger partial charge on any atom is -0.494 e. The van der Waals surface area contributed by atoms with Crippen LogP contribution in [0.15, 0.2) is 29.2 Å². The van der Waals surface area contributed by atoms with E-state index in [1.165, 1.54) is 4.31 Å². The van der Waals surface area contributed by atoms with Crippen LogP contribution in [0.25, 0.3) is 0 Å². The molecule has 0 bridgehead atoms. The highest BCUT2D eigenvalue weighted by Gasteiger charge is 2.33. The van der Waals surface area contributed by atoms with Crippen LogP contribution in [0.2, 0.25) is 0 Å². The summed E-state index contributed by atoms with van der Waals surface area (Å²) in [6, 6.07) is 6.45. The number of piperidine rings is 1. The molecule has 162 valence electrons. The molecule has 2 fully saturated rings. The molecule has 29 heavy (non-hydrogen) atoms. The monoisotopic (exact) mass is 425 g/mol. The maximum Gasteiger partial charge on any atom is 0.243 e. The van der Waals surface area contributed by atoms with E-state index < -0.39 is 10.0 Å². The standard InChI is InChI=1S/C20H31N3O5S/c1-2-28-18-5-7-19(8-6-18)29(25,26)23-10-3-4-17(16-23)20(24)21-9-11-22-12-14-27-15-13-22/h5-8,17H,2-4,9-16H2,1H3,(H,21,24)/t17-/m1/s1.